The highest BCUT2D eigenvalue weighted by molar-refractivity contribution is 5.17. The molecule has 0 aromatic heterocycles. The van der Waals surface area contributed by atoms with Crippen molar-refractivity contribution in [1.29, 1.82) is 0 Å². The minimum absolute atomic E-state index is 0.815. The Kier molecular flexibility index (Phi) is 5.26. The summed E-state index contributed by atoms with van der Waals surface area (Å²) in [6, 6.07) is 10.7. The highest BCUT2D eigenvalue weighted by atomic mass is 14.2. The Morgan fingerprint density at radius 2 is 1.78 bits per heavy atom. The molecule has 1 aromatic carbocycles. The molecule has 0 heterocycles. The van der Waals surface area contributed by atoms with Crippen molar-refractivity contribution >= 4 is 0 Å². The fraction of sp³-hybridized carbons (Fsp3) is 0.444. The Morgan fingerprint density at radius 1 is 1.06 bits per heavy atom. The van der Waals surface area contributed by atoms with Crippen LogP contribution in [0.1, 0.15) is 37.7 Å². The van der Waals surface area contributed by atoms with Crippen molar-refractivity contribution in [3.63, 3.8) is 0 Å². The molecule has 0 bridgehead atoms. The van der Waals surface area contributed by atoms with Crippen molar-refractivity contribution < 1.29 is 0 Å². The quantitative estimate of drug-likeness (QED) is 0.623. The highest BCUT2D eigenvalue weighted by Gasteiger charge is 2.17. The predicted molar refractivity (Wildman–Crippen MR) is 79.5 cm³/mol. The van der Waals surface area contributed by atoms with E-state index < -0.39 is 0 Å². The van der Waals surface area contributed by atoms with Crippen molar-refractivity contribution in [1.82, 2.24) is 0 Å². The minimum Gasteiger partial charge on any atom is -0.103 e. The van der Waals surface area contributed by atoms with E-state index >= 15 is 0 Å². The molecule has 0 N–H and O–H groups in total. The van der Waals surface area contributed by atoms with Crippen molar-refractivity contribution in [2.24, 2.45) is 11.8 Å². The number of rotatable bonds is 5. The first kappa shape index (κ1) is 13.1. The van der Waals surface area contributed by atoms with E-state index in [-0.39, 0.29) is 0 Å². The van der Waals surface area contributed by atoms with Gasteiger partial charge in [0.25, 0.3) is 0 Å². The van der Waals surface area contributed by atoms with Crippen LogP contribution >= 0.6 is 0 Å². The topological polar surface area (TPSA) is 0 Å². The monoisotopic (exact) mass is 240 g/mol. The zero-order valence-electron chi connectivity index (χ0n) is 11.2. The lowest BCUT2D eigenvalue weighted by Crippen LogP contribution is -2.12. The number of hydrogen-bond donors (Lipinski definition) is 0. The Hall–Kier alpha value is -1.30. The molecule has 0 nitrogen and oxygen atoms in total. The molecule has 0 radical (unpaired) electrons. The third-order valence-electron chi connectivity index (χ3n) is 4.00. The maximum atomic E-state index is 3.84. The Morgan fingerprint density at radius 3 is 2.44 bits per heavy atom. The van der Waals surface area contributed by atoms with Gasteiger partial charge in [-0.1, -0.05) is 48.6 Å². The SMILES string of the molecule is C=CCC1CCC(C=CCc2ccccc2)CC1. The molecule has 1 aliphatic carbocycles. The summed E-state index contributed by atoms with van der Waals surface area (Å²) in [5, 5.41) is 0. The summed E-state index contributed by atoms with van der Waals surface area (Å²) < 4.78 is 0. The molecule has 0 unspecified atom stereocenters. The van der Waals surface area contributed by atoms with E-state index in [1.165, 1.54) is 37.7 Å². The zero-order valence-corrected chi connectivity index (χ0v) is 11.2. The van der Waals surface area contributed by atoms with Gasteiger partial charge in [-0.3, -0.25) is 0 Å². The minimum atomic E-state index is 0.815. The lowest BCUT2D eigenvalue weighted by molar-refractivity contribution is 0.312. The zero-order chi connectivity index (χ0) is 12.6. The molecule has 2 rings (SSSR count). The first-order valence-corrected chi connectivity index (χ1v) is 7.20. The second kappa shape index (κ2) is 7.20. The number of hydrogen-bond acceptors (Lipinski definition) is 0. The van der Waals surface area contributed by atoms with Crippen LogP contribution in [-0.2, 0) is 6.42 Å². The van der Waals surface area contributed by atoms with Gasteiger partial charge in [-0.05, 0) is 55.9 Å². The van der Waals surface area contributed by atoms with E-state index in [0.29, 0.717) is 0 Å². The van der Waals surface area contributed by atoms with Crippen LogP contribution in [0.5, 0.6) is 0 Å². The third kappa shape index (κ3) is 4.18. The molecular formula is C18H24. The molecule has 0 saturated heterocycles. The van der Waals surface area contributed by atoms with Crippen molar-refractivity contribution in [2.45, 2.75) is 38.5 Å². The molecule has 18 heavy (non-hydrogen) atoms. The first-order valence-electron chi connectivity index (χ1n) is 7.20. The van der Waals surface area contributed by atoms with Crippen molar-refractivity contribution in [2.75, 3.05) is 0 Å². The maximum Gasteiger partial charge on any atom is -0.00974 e. The van der Waals surface area contributed by atoms with Gasteiger partial charge in [-0.2, -0.15) is 0 Å². The van der Waals surface area contributed by atoms with E-state index in [4.69, 9.17) is 0 Å². The molecule has 1 aliphatic rings. The van der Waals surface area contributed by atoms with Gasteiger partial charge in [0.1, 0.15) is 0 Å². The normalized spacial score (nSPS) is 24.2. The number of benzene rings is 1. The second-order valence-corrected chi connectivity index (χ2v) is 5.42. The smallest absolute Gasteiger partial charge is 0.00974 e. The van der Waals surface area contributed by atoms with E-state index in [1.54, 1.807) is 0 Å². The van der Waals surface area contributed by atoms with Gasteiger partial charge in [-0.25, -0.2) is 0 Å². The van der Waals surface area contributed by atoms with E-state index in [2.05, 4.69) is 55.1 Å². The average molecular weight is 240 g/mol. The van der Waals surface area contributed by atoms with Gasteiger partial charge in [0.05, 0.1) is 0 Å². The van der Waals surface area contributed by atoms with Crippen LogP contribution in [0.4, 0.5) is 0 Å². The van der Waals surface area contributed by atoms with E-state index in [0.717, 1.165) is 18.3 Å². The van der Waals surface area contributed by atoms with Gasteiger partial charge >= 0.3 is 0 Å². The standard InChI is InChI=1S/C18H24/c1-2-7-16-12-14-18(15-13-16)11-6-10-17-8-4-3-5-9-17/h2-6,8-9,11,16,18H,1,7,10,12-15H2. The molecule has 1 fully saturated rings. The van der Waals surface area contributed by atoms with Crippen LogP contribution in [0.25, 0.3) is 0 Å². The average Bonchev–Trinajstić information content (AvgIpc) is 2.42. The van der Waals surface area contributed by atoms with E-state index in [1.807, 2.05) is 0 Å². The van der Waals surface area contributed by atoms with Crippen LogP contribution in [0, 0.1) is 11.8 Å². The van der Waals surface area contributed by atoms with Crippen molar-refractivity contribution in [3.8, 4) is 0 Å². The molecule has 0 atom stereocenters. The second-order valence-electron chi connectivity index (χ2n) is 5.42. The fourth-order valence-corrected chi connectivity index (χ4v) is 2.86. The summed E-state index contributed by atoms with van der Waals surface area (Å²) in [6.07, 6.45) is 14.7. The predicted octanol–water partition coefficient (Wildman–Crippen LogP) is 5.17. The van der Waals surface area contributed by atoms with Gasteiger partial charge in [-0.15, -0.1) is 6.58 Å². The summed E-state index contributed by atoms with van der Waals surface area (Å²) in [5.41, 5.74) is 1.41. The summed E-state index contributed by atoms with van der Waals surface area (Å²) in [6.45, 7) is 3.84. The van der Waals surface area contributed by atoms with Gasteiger partial charge < -0.3 is 0 Å². The van der Waals surface area contributed by atoms with Gasteiger partial charge in [0.2, 0.25) is 0 Å². The van der Waals surface area contributed by atoms with Crippen LogP contribution in [0.15, 0.2) is 55.1 Å². The fourth-order valence-electron chi connectivity index (χ4n) is 2.86. The Bertz CT molecular complexity index is 366. The molecular weight excluding hydrogens is 216 g/mol. The summed E-state index contributed by atoms with van der Waals surface area (Å²) in [4.78, 5) is 0. The largest absolute Gasteiger partial charge is 0.103 e. The maximum absolute atomic E-state index is 3.84. The number of allylic oxidation sites excluding steroid dienone is 3. The highest BCUT2D eigenvalue weighted by Crippen LogP contribution is 2.31. The van der Waals surface area contributed by atoms with E-state index in [9.17, 15) is 0 Å². The summed E-state index contributed by atoms with van der Waals surface area (Å²) >= 11 is 0. The summed E-state index contributed by atoms with van der Waals surface area (Å²) in [5.74, 6) is 1.72. The molecule has 0 aliphatic heterocycles. The van der Waals surface area contributed by atoms with Gasteiger partial charge in [0, 0.05) is 0 Å². The molecule has 0 amide bonds. The lowest BCUT2D eigenvalue weighted by atomic mass is 9.80. The van der Waals surface area contributed by atoms with Crippen molar-refractivity contribution in [3.05, 3.63) is 60.7 Å². The molecule has 0 spiro atoms. The Balaban J connectivity index is 1.73. The molecule has 0 heteroatoms. The molecule has 1 saturated carbocycles. The van der Waals surface area contributed by atoms with Gasteiger partial charge in [0.15, 0.2) is 0 Å². The first-order chi connectivity index (χ1) is 8.88. The van der Waals surface area contributed by atoms with Crippen LogP contribution in [-0.4, -0.2) is 0 Å². The summed E-state index contributed by atoms with van der Waals surface area (Å²) in [7, 11) is 0. The van der Waals surface area contributed by atoms with Crippen LogP contribution < -0.4 is 0 Å². The molecule has 96 valence electrons. The third-order valence-corrected chi connectivity index (χ3v) is 4.00. The lowest BCUT2D eigenvalue weighted by Gasteiger charge is -2.25. The van der Waals surface area contributed by atoms with Crippen LogP contribution in [0.2, 0.25) is 0 Å². The Labute approximate surface area is 111 Å². The van der Waals surface area contributed by atoms with Crippen LogP contribution in [0.3, 0.4) is 0 Å². The molecule has 1 aromatic rings.